The molecule has 0 unspecified atom stereocenters. The van der Waals surface area contributed by atoms with Crippen molar-refractivity contribution in [3.63, 3.8) is 0 Å². The third-order valence-electron chi connectivity index (χ3n) is 5.36. The summed E-state index contributed by atoms with van der Waals surface area (Å²) in [6, 6.07) is 7.68. The summed E-state index contributed by atoms with van der Waals surface area (Å²) in [4.78, 5) is 19.1. The summed E-state index contributed by atoms with van der Waals surface area (Å²) in [5, 5.41) is 7.08. The number of carbonyl (C=O) groups is 1. The molecule has 1 N–H and O–H groups in total. The summed E-state index contributed by atoms with van der Waals surface area (Å²) in [5.41, 5.74) is 1.71. The first kappa shape index (κ1) is 17.2. The Balaban J connectivity index is 1.35. The lowest BCUT2D eigenvalue weighted by Crippen LogP contribution is -2.37. The van der Waals surface area contributed by atoms with Crippen molar-refractivity contribution in [2.75, 3.05) is 26.3 Å². The number of hydrogen-bond acceptors (Lipinski definition) is 6. The number of carbonyl (C=O) groups excluding carboxylic acids is 1. The highest BCUT2D eigenvalue weighted by molar-refractivity contribution is 5.76. The molecule has 0 spiro atoms. The van der Waals surface area contributed by atoms with Gasteiger partial charge in [0.15, 0.2) is 0 Å². The molecule has 2 fully saturated rings. The van der Waals surface area contributed by atoms with Gasteiger partial charge < -0.3 is 14.6 Å². The molecular formula is C19H24N4O3. The second-order valence-electron chi connectivity index (χ2n) is 7.45. The molecule has 1 amide bonds. The fourth-order valence-corrected chi connectivity index (χ4v) is 4.11. The lowest BCUT2D eigenvalue weighted by Gasteiger charge is -2.26. The first-order chi connectivity index (χ1) is 12.6. The van der Waals surface area contributed by atoms with Gasteiger partial charge in [-0.2, -0.15) is 0 Å². The second-order valence-corrected chi connectivity index (χ2v) is 7.45. The lowest BCUT2D eigenvalue weighted by atomic mass is 9.78. The minimum absolute atomic E-state index is 0.0604. The van der Waals surface area contributed by atoms with E-state index in [9.17, 15) is 4.79 Å². The van der Waals surface area contributed by atoms with Crippen LogP contribution in [0.15, 0.2) is 35.0 Å². The fraction of sp³-hybridized carbons (Fsp3) is 0.526. The average molecular weight is 356 g/mol. The number of hydrogen-bond donors (Lipinski definition) is 1. The third kappa shape index (κ3) is 3.64. The number of pyridine rings is 1. The summed E-state index contributed by atoms with van der Waals surface area (Å²) in [6.45, 7) is 6.26. The zero-order valence-corrected chi connectivity index (χ0v) is 15.0. The van der Waals surface area contributed by atoms with E-state index in [2.05, 4.69) is 20.4 Å². The van der Waals surface area contributed by atoms with Gasteiger partial charge in [-0.15, -0.1) is 0 Å². The van der Waals surface area contributed by atoms with Crippen LogP contribution in [-0.2, 0) is 22.6 Å². The molecule has 2 atom stereocenters. The van der Waals surface area contributed by atoms with Crippen LogP contribution in [-0.4, -0.2) is 47.3 Å². The van der Waals surface area contributed by atoms with Crippen molar-refractivity contribution in [1.29, 1.82) is 0 Å². The van der Waals surface area contributed by atoms with Crippen molar-refractivity contribution in [2.45, 2.75) is 26.4 Å². The molecule has 4 heterocycles. The van der Waals surface area contributed by atoms with Gasteiger partial charge in [0.25, 0.3) is 0 Å². The van der Waals surface area contributed by atoms with Crippen LogP contribution in [0.4, 0.5) is 0 Å². The van der Waals surface area contributed by atoms with Gasteiger partial charge in [0.1, 0.15) is 5.76 Å². The predicted molar refractivity (Wildman–Crippen MR) is 94.0 cm³/mol. The molecule has 2 aliphatic heterocycles. The molecule has 26 heavy (non-hydrogen) atoms. The minimum atomic E-state index is -0.104. The van der Waals surface area contributed by atoms with E-state index in [1.165, 1.54) is 0 Å². The van der Waals surface area contributed by atoms with Crippen LogP contribution in [0, 0.1) is 18.3 Å². The summed E-state index contributed by atoms with van der Waals surface area (Å²) in [6.07, 6.45) is 2.22. The van der Waals surface area contributed by atoms with Crippen LogP contribution in [0.5, 0.6) is 0 Å². The SMILES string of the molecule is Cc1cc(CN2C[C@@H]3COC[C@]3(CC(=O)NCc3ccccn3)C2)no1. The van der Waals surface area contributed by atoms with Crippen LogP contribution in [0.2, 0.25) is 0 Å². The number of nitrogens with zero attached hydrogens (tertiary/aromatic N) is 3. The number of aromatic nitrogens is 2. The maximum atomic E-state index is 12.5. The summed E-state index contributed by atoms with van der Waals surface area (Å²) >= 11 is 0. The van der Waals surface area contributed by atoms with Crippen LogP contribution in [0.25, 0.3) is 0 Å². The van der Waals surface area contributed by atoms with Gasteiger partial charge >= 0.3 is 0 Å². The average Bonchev–Trinajstić information content (AvgIpc) is 3.28. The quantitative estimate of drug-likeness (QED) is 0.846. The molecule has 0 aliphatic carbocycles. The molecule has 0 aromatic carbocycles. The number of fused-ring (bicyclic) bond motifs is 1. The van der Waals surface area contributed by atoms with E-state index in [0.717, 1.165) is 43.4 Å². The third-order valence-corrected chi connectivity index (χ3v) is 5.36. The Morgan fingerprint density at radius 3 is 3.12 bits per heavy atom. The van der Waals surface area contributed by atoms with Gasteiger partial charge in [-0.05, 0) is 19.1 Å². The van der Waals surface area contributed by atoms with Gasteiger partial charge in [0.2, 0.25) is 5.91 Å². The maximum Gasteiger partial charge on any atom is 0.221 e. The van der Waals surface area contributed by atoms with Gasteiger partial charge in [-0.25, -0.2) is 0 Å². The van der Waals surface area contributed by atoms with Gasteiger partial charge in [0, 0.05) is 49.7 Å². The number of nitrogens with one attached hydrogen (secondary N) is 1. The van der Waals surface area contributed by atoms with E-state index >= 15 is 0 Å². The zero-order chi connectivity index (χ0) is 18.0. The van der Waals surface area contributed by atoms with Gasteiger partial charge in [-0.1, -0.05) is 11.2 Å². The van der Waals surface area contributed by atoms with Crippen molar-refractivity contribution in [3.8, 4) is 0 Å². The van der Waals surface area contributed by atoms with Crippen LogP contribution in [0.1, 0.15) is 23.6 Å². The molecule has 2 aliphatic rings. The van der Waals surface area contributed by atoms with E-state index in [1.807, 2.05) is 31.2 Å². The lowest BCUT2D eigenvalue weighted by molar-refractivity contribution is -0.123. The summed E-state index contributed by atoms with van der Waals surface area (Å²) < 4.78 is 10.9. The number of amides is 1. The topological polar surface area (TPSA) is 80.5 Å². The van der Waals surface area contributed by atoms with Crippen molar-refractivity contribution < 1.29 is 14.1 Å². The van der Waals surface area contributed by atoms with Crippen molar-refractivity contribution >= 4 is 5.91 Å². The Morgan fingerprint density at radius 1 is 1.42 bits per heavy atom. The van der Waals surface area contributed by atoms with Crippen LogP contribution < -0.4 is 5.32 Å². The van der Waals surface area contributed by atoms with Crippen molar-refractivity contribution in [3.05, 3.63) is 47.6 Å². The molecule has 0 saturated carbocycles. The molecule has 7 nitrogen and oxygen atoms in total. The Bertz CT molecular complexity index is 763. The molecule has 0 radical (unpaired) electrons. The van der Waals surface area contributed by atoms with Gasteiger partial charge in [-0.3, -0.25) is 14.7 Å². The minimum Gasteiger partial charge on any atom is -0.380 e. The maximum absolute atomic E-state index is 12.5. The van der Waals surface area contributed by atoms with Gasteiger partial charge in [0.05, 0.1) is 31.1 Å². The Hall–Kier alpha value is -2.25. The fourth-order valence-electron chi connectivity index (χ4n) is 4.11. The molecular weight excluding hydrogens is 332 g/mol. The first-order valence-corrected chi connectivity index (χ1v) is 9.02. The van der Waals surface area contributed by atoms with E-state index in [0.29, 0.717) is 25.5 Å². The van der Waals surface area contributed by atoms with Crippen molar-refractivity contribution in [1.82, 2.24) is 20.4 Å². The molecule has 2 saturated heterocycles. The molecule has 2 aromatic rings. The molecule has 2 aromatic heterocycles. The number of ether oxygens (including phenoxy) is 1. The number of aryl methyl sites for hydroxylation is 1. The molecule has 0 bridgehead atoms. The predicted octanol–water partition coefficient (Wildman–Crippen LogP) is 1.53. The second kappa shape index (κ2) is 7.17. The monoisotopic (exact) mass is 356 g/mol. The first-order valence-electron chi connectivity index (χ1n) is 9.02. The Morgan fingerprint density at radius 2 is 2.35 bits per heavy atom. The highest BCUT2D eigenvalue weighted by atomic mass is 16.5. The molecule has 4 rings (SSSR count). The zero-order valence-electron chi connectivity index (χ0n) is 15.0. The van der Waals surface area contributed by atoms with E-state index in [-0.39, 0.29) is 11.3 Å². The number of rotatable bonds is 6. The normalized spacial score (nSPS) is 25.3. The standard InChI is InChI=1S/C19H24N4O3/c1-14-6-17(22-26-14)10-23-9-15-11-25-13-19(15,12-23)7-18(24)21-8-16-4-2-3-5-20-16/h2-6,15H,7-13H2,1H3,(H,21,24)/t15-,19+/m1/s1. The van der Waals surface area contributed by atoms with Crippen molar-refractivity contribution in [2.24, 2.45) is 11.3 Å². The Kier molecular flexibility index (Phi) is 4.74. The van der Waals surface area contributed by atoms with Crippen LogP contribution in [0.3, 0.4) is 0 Å². The highest BCUT2D eigenvalue weighted by Gasteiger charge is 2.51. The van der Waals surface area contributed by atoms with E-state index in [1.54, 1.807) is 6.20 Å². The molecule has 138 valence electrons. The summed E-state index contributed by atoms with van der Waals surface area (Å²) in [7, 11) is 0. The molecule has 7 heteroatoms. The summed E-state index contributed by atoms with van der Waals surface area (Å²) in [5.74, 6) is 1.27. The van der Waals surface area contributed by atoms with Crippen LogP contribution >= 0.6 is 0 Å². The number of likely N-dealkylation sites (tertiary alicyclic amines) is 1. The Labute approximate surface area is 152 Å². The smallest absolute Gasteiger partial charge is 0.221 e. The largest absolute Gasteiger partial charge is 0.380 e. The van der Waals surface area contributed by atoms with E-state index in [4.69, 9.17) is 9.26 Å². The van der Waals surface area contributed by atoms with E-state index < -0.39 is 0 Å². The highest BCUT2D eigenvalue weighted by Crippen LogP contribution is 2.44.